The van der Waals surface area contributed by atoms with E-state index in [1.165, 1.54) is 19.3 Å². The van der Waals surface area contributed by atoms with E-state index in [0.29, 0.717) is 5.92 Å². The zero-order valence-corrected chi connectivity index (χ0v) is 18.5. The van der Waals surface area contributed by atoms with Gasteiger partial charge in [0.1, 0.15) is 5.76 Å². The van der Waals surface area contributed by atoms with Crippen LogP contribution in [0.25, 0.3) is 0 Å². The molecule has 158 valence electrons. The fourth-order valence-electron chi connectivity index (χ4n) is 4.60. The first-order valence-corrected chi connectivity index (χ1v) is 11.1. The van der Waals surface area contributed by atoms with Crippen molar-refractivity contribution < 1.29 is 4.42 Å². The molecule has 0 radical (unpaired) electrons. The molecule has 2 saturated heterocycles. The highest BCUT2D eigenvalue weighted by Gasteiger charge is 2.25. The fourth-order valence-corrected chi connectivity index (χ4v) is 4.60. The van der Waals surface area contributed by atoms with Crippen molar-refractivity contribution in [1.29, 1.82) is 0 Å². The Hall–Kier alpha value is -1.56. The molecule has 0 bridgehead atoms. The molecule has 6 nitrogen and oxygen atoms in total. The number of piperidine rings is 2. The van der Waals surface area contributed by atoms with Crippen LogP contribution in [0.4, 0.5) is 0 Å². The van der Waals surface area contributed by atoms with Crippen LogP contribution in [0.15, 0.2) is 9.41 Å². The van der Waals surface area contributed by atoms with Gasteiger partial charge in [0.25, 0.3) is 0 Å². The number of aliphatic imine (C=N–C) groups is 1. The zero-order valence-electron chi connectivity index (χ0n) is 18.5. The van der Waals surface area contributed by atoms with Crippen LogP contribution in [0.2, 0.25) is 0 Å². The average molecular weight is 390 g/mol. The predicted octanol–water partition coefficient (Wildman–Crippen LogP) is 3.45. The third-order valence-corrected chi connectivity index (χ3v) is 6.14. The Kier molecular flexibility index (Phi) is 7.38. The van der Waals surface area contributed by atoms with Gasteiger partial charge in [0, 0.05) is 26.2 Å². The smallest absolute Gasteiger partial charge is 0.208 e. The number of oxazole rings is 1. The first-order chi connectivity index (χ1) is 13.4. The lowest BCUT2D eigenvalue weighted by molar-refractivity contribution is 0.165. The van der Waals surface area contributed by atoms with E-state index in [9.17, 15) is 0 Å². The summed E-state index contributed by atoms with van der Waals surface area (Å²) in [5.74, 6) is 5.09. The first-order valence-electron chi connectivity index (χ1n) is 11.1. The van der Waals surface area contributed by atoms with Crippen LogP contribution in [0, 0.1) is 31.6 Å². The summed E-state index contributed by atoms with van der Waals surface area (Å²) in [4.78, 5) is 14.5. The van der Waals surface area contributed by atoms with E-state index in [2.05, 4.69) is 40.9 Å². The minimum absolute atomic E-state index is 0.678. The van der Waals surface area contributed by atoms with Crippen molar-refractivity contribution in [2.75, 3.05) is 39.3 Å². The van der Waals surface area contributed by atoms with Gasteiger partial charge in [-0.05, 0) is 70.9 Å². The van der Waals surface area contributed by atoms with Gasteiger partial charge in [-0.25, -0.2) is 4.98 Å². The molecule has 3 heterocycles. The van der Waals surface area contributed by atoms with Gasteiger partial charge in [0.05, 0.1) is 12.2 Å². The zero-order chi connectivity index (χ0) is 20.1. The monoisotopic (exact) mass is 389 g/mol. The lowest BCUT2D eigenvalue weighted by atomic mass is 9.92. The maximum Gasteiger partial charge on any atom is 0.208 e. The second kappa shape index (κ2) is 9.77. The highest BCUT2D eigenvalue weighted by molar-refractivity contribution is 5.80. The molecule has 1 aromatic heterocycles. The Morgan fingerprint density at radius 3 is 2.43 bits per heavy atom. The first kappa shape index (κ1) is 21.2. The van der Waals surface area contributed by atoms with Gasteiger partial charge in [-0.3, -0.25) is 9.89 Å². The molecule has 0 amide bonds. The molecule has 1 aromatic rings. The largest absolute Gasteiger partial charge is 0.444 e. The van der Waals surface area contributed by atoms with Crippen LogP contribution in [0.1, 0.15) is 57.4 Å². The van der Waals surface area contributed by atoms with Crippen LogP contribution in [-0.4, -0.2) is 60.0 Å². The predicted molar refractivity (Wildman–Crippen MR) is 114 cm³/mol. The molecular weight excluding hydrogens is 350 g/mol. The maximum absolute atomic E-state index is 5.75. The van der Waals surface area contributed by atoms with Crippen molar-refractivity contribution in [3.8, 4) is 0 Å². The van der Waals surface area contributed by atoms with E-state index in [4.69, 9.17) is 9.41 Å². The van der Waals surface area contributed by atoms with Crippen LogP contribution >= 0.6 is 0 Å². The molecule has 2 aliphatic heterocycles. The van der Waals surface area contributed by atoms with Crippen molar-refractivity contribution >= 4 is 5.96 Å². The molecule has 0 aliphatic carbocycles. The van der Waals surface area contributed by atoms with Crippen molar-refractivity contribution in [3.63, 3.8) is 0 Å². The molecule has 3 rings (SSSR count). The maximum atomic E-state index is 5.75. The van der Waals surface area contributed by atoms with E-state index < -0.39 is 0 Å². The highest BCUT2D eigenvalue weighted by Crippen LogP contribution is 2.22. The molecule has 0 saturated carbocycles. The molecule has 6 heteroatoms. The lowest BCUT2D eigenvalue weighted by Gasteiger charge is -2.37. The third-order valence-electron chi connectivity index (χ3n) is 6.14. The highest BCUT2D eigenvalue weighted by atomic mass is 16.4. The molecule has 0 spiro atoms. The minimum Gasteiger partial charge on any atom is -0.444 e. The summed E-state index contributed by atoms with van der Waals surface area (Å²) in [5, 5.41) is 3.53. The Morgan fingerprint density at radius 1 is 1.18 bits per heavy atom. The number of hydrogen-bond acceptors (Lipinski definition) is 4. The lowest BCUT2D eigenvalue weighted by Crippen LogP contribution is -2.48. The van der Waals surface area contributed by atoms with Gasteiger partial charge in [-0.15, -0.1) is 0 Å². The summed E-state index contributed by atoms with van der Waals surface area (Å²) in [5.41, 5.74) is 1.01. The van der Waals surface area contributed by atoms with Crippen molar-refractivity contribution in [3.05, 3.63) is 17.3 Å². The summed E-state index contributed by atoms with van der Waals surface area (Å²) < 4.78 is 5.75. The third kappa shape index (κ3) is 5.72. The number of hydrogen-bond donors (Lipinski definition) is 1. The van der Waals surface area contributed by atoms with E-state index in [1.807, 2.05) is 13.8 Å². The molecule has 2 atom stereocenters. The second-order valence-electron chi connectivity index (χ2n) is 9.01. The van der Waals surface area contributed by atoms with Crippen LogP contribution in [-0.2, 0) is 6.54 Å². The minimum atomic E-state index is 0.678. The number of nitrogens with zero attached hydrogens (tertiary/aromatic N) is 4. The summed E-state index contributed by atoms with van der Waals surface area (Å²) in [6.07, 6.45) is 3.74. The van der Waals surface area contributed by atoms with Gasteiger partial charge < -0.3 is 14.6 Å². The van der Waals surface area contributed by atoms with Gasteiger partial charge in [-0.1, -0.05) is 13.8 Å². The van der Waals surface area contributed by atoms with Crippen LogP contribution in [0.3, 0.4) is 0 Å². The number of aromatic nitrogens is 1. The molecular formula is C22H39N5O. The SMILES string of the molecule is CCNC(=NCC1CCN(Cc2nc(C)c(C)o2)CC1)N1CC(C)CC(C)C1. The Bertz CT molecular complexity index is 618. The van der Waals surface area contributed by atoms with Crippen molar-refractivity contribution in [1.82, 2.24) is 20.1 Å². The summed E-state index contributed by atoms with van der Waals surface area (Å²) in [6, 6.07) is 0. The molecule has 2 fully saturated rings. The Labute approximate surface area is 170 Å². The molecule has 2 unspecified atom stereocenters. The quantitative estimate of drug-likeness (QED) is 0.617. The van der Waals surface area contributed by atoms with E-state index in [0.717, 1.165) is 81.0 Å². The second-order valence-corrected chi connectivity index (χ2v) is 9.01. The number of aryl methyl sites for hydroxylation is 2. The van der Waals surface area contributed by atoms with Crippen molar-refractivity contribution in [2.24, 2.45) is 22.7 Å². The van der Waals surface area contributed by atoms with Gasteiger partial charge in [0.2, 0.25) is 5.89 Å². The molecule has 2 aliphatic rings. The van der Waals surface area contributed by atoms with Crippen LogP contribution in [0.5, 0.6) is 0 Å². The number of rotatable bonds is 5. The number of guanidine groups is 1. The number of likely N-dealkylation sites (tertiary alicyclic amines) is 2. The standard InChI is InChI=1S/C22H39N5O/c1-6-23-22(27-13-16(2)11-17(3)14-27)24-12-20-7-9-26(10-8-20)15-21-25-18(4)19(5)28-21/h16-17,20H,6-15H2,1-5H3,(H,23,24). The van der Waals surface area contributed by atoms with Crippen LogP contribution < -0.4 is 5.32 Å². The van der Waals surface area contributed by atoms with E-state index in [-0.39, 0.29) is 0 Å². The summed E-state index contributed by atoms with van der Waals surface area (Å²) >= 11 is 0. The molecule has 1 N–H and O–H groups in total. The normalized spacial score (nSPS) is 25.3. The summed E-state index contributed by atoms with van der Waals surface area (Å²) in [7, 11) is 0. The average Bonchev–Trinajstić information content (AvgIpc) is 2.96. The molecule has 0 aromatic carbocycles. The molecule has 28 heavy (non-hydrogen) atoms. The Balaban J connectivity index is 1.49. The van der Waals surface area contributed by atoms with Gasteiger partial charge >= 0.3 is 0 Å². The Morgan fingerprint density at radius 2 is 1.86 bits per heavy atom. The topological polar surface area (TPSA) is 56.9 Å². The number of nitrogens with one attached hydrogen (secondary N) is 1. The fraction of sp³-hybridized carbons (Fsp3) is 0.818. The van der Waals surface area contributed by atoms with Gasteiger partial charge in [-0.2, -0.15) is 0 Å². The summed E-state index contributed by atoms with van der Waals surface area (Å²) in [6.45, 7) is 18.1. The van der Waals surface area contributed by atoms with E-state index >= 15 is 0 Å². The van der Waals surface area contributed by atoms with Crippen molar-refractivity contribution in [2.45, 2.75) is 60.4 Å². The van der Waals surface area contributed by atoms with E-state index in [1.54, 1.807) is 0 Å². The van der Waals surface area contributed by atoms with Gasteiger partial charge in [0.15, 0.2) is 5.96 Å².